The van der Waals surface area contributed by atoms with Gasteiger partial charge >= 0.3 is 0 Å². The quantitative estimate of drug-likeness (QED) is 0.773. The second kappa shape index (κ2) is 5.44. The second-order valence-electron chi connectivity index (χ2n) is 5.28. The van der Waals surface area contributed by atoms with Crippen LogP contribution in [0, 0.1) is 0 Å². The van der Waals surface area contributed by atoms with E-state index in [1.54, 1.807) is 0 Å². The number of nitrogens with zero attached hydrogens (tertiary/aromatic N) is 2. The summed E-state index contributed by atoms with van der Waals surface area (Å²) in [5.74, 6) is 0.668. The lowest BCUT2D eigenvalue weighted by molar-refractivity contribution is 0.0939. The van der Waals surface area contributed by atoms with Crippen LogP contribution in [0.15, 0.2) is 42.6 Å². The fraction of sp³-hybridized carbons (Fsp3) is 0.250. The fourth-order valence-corrected chi connectivity index (χ4v) is 2.38. The van der Waals surface area contributed by atoms with E-state index in [0.717, 1.165) is 16.9 Å². The number of imidazole rings is 1. The highest BCUT2D eigenvalue weighted by atomic mass is 16.1. The van der Waals surface area contributed by atoms with Crippen LogP contribution in [-0.4, -0.2) is 20.4 Å². The SMILES string of the molecule is CC(C)n1cccc1C(=O)NCc1nc2ccccc2[nH]1. The number of aromatic amines is 1. The van der Waals surface area contributed by atoms with Crippen LogP contribution in [0.1, 0.15) is 36.2 Å². The molecule has 0 saturated carbocycles. The van der Waals surface area contributed by atoms with Crippen molar-refractivity contribution in [2.75, 3.05) is 0 Å². The Bertz CT molecular complexity index is 736. The molecule has 0 atom stereocenters. The lowest BCUT2D eigenvalue weighted by atomic mass is 10.3. The van der Waals surface area contributed by atoms with Crippen LogP contribution in [0.2, 0.25) is 0 Å². The molecular weight excluding hydrogens is 264 g/mol. The average Bonchev–Trinajstić information content (AvgIpc) is 3.10. The van der Waals surface area contributed by atoms with Crippen LogP contribution in [0.25, 0.3) is 11.0 Å². The molecule has 0 spiro atoms. The number of aromatic nitrogens is 3. The normalized spacial score (nSPS) is 11.2. The minimum absolute atomic E-state index is 0.0887. The average molecular weight is 282 g/mol. The van der Waals surface area contributed by atoms with E-state index in [1.165, 1.54) is 0 Å². The van der Waals surface area contributed by atoms with Gasteiger partial charge in [0.05, 0.1) is 17.6 Å². The van der Waals surface area contributed by atoms with Gasteiger partial charge in [0, 0.05) is 12.2 Å². The minimum Gasteiger partial charge on any atom is -0.344 e. The number of fused-ring (bicyclic) bond motifs is 1. The first kappa shape index (κ1) is 13.4. The van der Waals surface area contributed by atoms with E-state index in [9.17, 15) is 4.79 Å². The molecule has 2 aromatic heterocycles. The summed E-state index contributed by atoms with van der Waals surface area (Å²) in [5.41, 5.74) is 2.56. The predicted octanol–water partition coefficient (Wildman–Crippen LogP) is 2.88. The first-order chi connectivity index (χ1) is 10.1. The minimum atomic E-state index is -0.0887. The molecule has 21 heavy (non-hydrogen) atoms. The van der Waals surface area contributed by atoms with Crippen molar-refractivity contribution in [3.8, 4) is 0 Å². The van der Waals surface area contributed by atoms with E-state index in [4.69, 9.17) is 0 Å². The molecule has 1 amide bonds. The molecule has 108 valence electrons. The second-order valence-corrected chi connectivity index (χ2v) is 5.28. The van der Waals surface area contributed by atoms with E-state index < -0.39 is 0 Å². The molecule has 0 aliphatic heterocycles. The maximum atomic E-state index is 12.2. The van der Waals surface area contributed by atoms with Crippen molar-refractivity contribution >= 4 is 16.9 Å². The van der Waals surface area contributed by atoms with Gasteiger partial charge in [-0.3, -0.25) is 4.79 Å². The van der Waals surface area contributed by atoms with Crippen LogP contribution in [0.4, 0.5) is 0 Å². The number of benzene rings is 1. The Balaban J connectivity index is 1.72. The van der Waals surface area contributed by atoms with Crippen molar-refractivity contribution in [3.63, 3.8) is 0 Å². The molecule has 0 bridgehead atoms. The Hall–Kier alpha value is -2.56. The standard InChI is InChI=1S/C16H18N4O/c1-11(2)20-9-5-8-14(20)16(21)17-10-15-18-12-6-3-4-7-13(12)19-15/h3-9,11H,10H2,1-2H3,(H,17,21)(H,18,19). The van der Waals surface area contributed by atoms with Crippen LogP contribution >= 0.6 is 0 Å². The third-order valence-corrected chi connectivity index (χ3v) is 3.42. The largest absolute Gasteiger partial charge is 0.344 e. The zero-order chi connectivity index (χ0) is 14.8. The number of rotatable bonds is 4. The summed E-state index contributed by atoms with van der Waals surface area (Å²) in [4.78, 5) is 19.9. The maximum absolute atomic E-state index is 12.2. The maximum Gasteiger partial charge on any atom is 0.268 e. The van der Waals surface area contributed by atoms with E-state index in [-0.39, 0.29) is 11.9 Å². The van der Waals surface area contributed by atoms with Crippen molar-refractivity contribution in [2.45, 2.75) is 26.4 Å². The molecule has 3 aromatic rings. The zero-order valence-corrected chi connectivity index (χ0v) is 12.1. The summed E-state index contributed by atoms with van der Waals surface area (Å²) in [7, 11) is 0. The van der Waals surface area contributed by atoms with Crippen molar-refractivity contribution < 1.29 is 4.79 Å². The smallest absolute Gasteiger partial charge is 0.268 e. The van der Waals surface area contributed by atoms with Gasteiger partial charge in [0.1, 0.15) is 11.5 Å². The van der Waals surface area contributed by atoms with Gasteiger partial charge in [-0.25, -0.2) is 4.98 Å². The first-order valence-electron chi connectivity index (χ1n) is 7.04. The molecule has 2 heterocycles. The van der Waals surface area contributed by atoms with Gasteiger partial charge in [-0.15, -0.1) is 0 Å². The van der Waals surface area contributed by atoms with Gasteiger partial charge in [-0.2, -0.15) is 0 Å². The lowest BCUT2D eigenvalue weighted by Gasteiger charge is -2.12. The number of nitrogens with one attached hydrogen (secondary N) is 2. The summed E-state index contributed by atoms with van der Waals surface area (Å²) < 4.78 is 1.95. The summed E-state index contributed by atoms with van der Waals surface area (Å²) in [6.45, 7) is 4.49. The van der Waals surface area contributed by atoms with Gasteiger partial charge in [-0.1, -0.05) is 12.1 Å². The van der Waals surface area contributed by atoms with Gasteiger partial charge in [0.15, 0.2) is 0 Å². The molecule has 0 radical (unpaired) electrons. The van der Waals surface area contributed by atoms with Gasteiger partial charge < -0.3 is 14.9 Å². The molecule has 0 aliphatic carbocycles. The van der Waals surface area contributed by atoms with E-state index in [1.807, 2.05) is 47.2 Å². The van der Waals surface area contributed by atoms with Gasteiger partial charge in [0.2, 0.25) is 0 Å². The highest BCUT2D eigenvalue weighted by molar-refractivity contribution is 5.92. The Kier molecular flexibility index (Phi) is 3.48. The van der Waals surface area contributed by atoms with E-state index >= 15 is 0 Å². The molecule has 3 rings (SSSR count). The van der Waals surface area contributed by atoms with Gasteiger partial charge in [0.25, 0.3) is 5.91 Å². The summed E-state index contributed by atoms with van der Waals surface area (Å²) in [5, 5.41) is 2.90. The predicted molar refractivity (Wildman–Crippen MR) is 82.1 cm³/mol. The molecule has 2 N–H and O–H groups in total. The van der Waals surface area contributed by atoms with Crippen LogP contribution in [0.3, 0.4) is 0 Å². The summed E-state index contributed by atoms with van der Waals surface area (Å²) >= 11 is 0. The highest BCUT2D eigenvalue weighted by Gasteiger charge is 2.12. The number of hydrogen-bond acceptors (Lipinski definition) is 2. The molecule has 0 saturated heterocycles. The monoisotopic (exact) mass is 282 g/mol. The van der Waals surface area contributed by atoms with Crippen molar-refractivity contribution in [2.24, 2.45) is 0 Å². The van der Waals surface area contributed by atoms with Crippen molar-refractivity contribution in [1.82, 2.24) is 19.9 Å². The number of amides is 1. The Morgan fingerprint density at radius 3 is 2.86 bits per heavy atom. The number of carbonyl (C=O) groups excluding carboxylic acids is 1. The Morgan fingerprint density at radius 1 is 1.29 bits per heavy atom. The van der Waals surface area contributed by atoms with Crippen LogP contribution < -0.4 is 5.32 Å². The van der Waals surface area contributed by atoms with E-state index in [0.29, 0.717) is 12.2 Å². The molecule has 0 aliphatic rings. The molecule has 5 heteroatoms. The summed E-state index contributed by atoms with van der Waals surface area (Å²) in [6, 6.07) is 11.8. The molecule has 5 nitrogen and oxygen atoms in total. The highest BCUT2D eigenvalue weighted by Crippen LogP contribution is 2.12. The molecular formula is C16H18N4O. The third kappa shape index (κ3) is 2.67. The van der Waals surface area contributed by atoms with Crippen molar-refractivity contribution in [1.29, 1.82) is 0 Å². The van der Waals surface area contributed by atoms with Gasteiger partial charge in [-0.05, 0) is 38.1 Å². The number of carbonyl (C=O) groups is 1. The molecule has 0 unspecified atom stereocenters. The lowest BCUT2D eigenvalue weighted by Crippen LogP contribution is -2.26. The third-order valence-electron chi connectivity index (χ3n) is 3.42. The fourth-order valence-electron chi connectivity index (χ4n) is 2.38. The van der Waals surface area contributed by atoms with Crippen LogP contribution in [0.5, 0.6) is 0 Å². The number of para-hydroxylation sites is 2. The molecule has 1 aromatic carbocycles. The Labute approximate surface area is 123 Å². The topological polar surface area (TPSA) is 62.7 Å². The van der Waals surface area contributed by atoms with Crippen molar-refractivity contribution in [3.05, 3.63) is 54.1 Å². The Morgan fingerprint density at radius 2 is 2.10 bits per heavy atom. The number of H-pyrrole nitrogens is 1. The first-order valence-corrected chi connectivity index (χ1v) is 7.04. The number of hydrogen-bond donors (Lipinski definition) is 2. The summed E-state index contributed by atoms with van der Waals surface area (Å²) in [6.07, 6.45) is 1.92. The van der Waals surface area contributed by atoms with E-state index in [2.05, 4.69) is 29.1 Å². The van der Waals surface area contributed by atoms with Crippen LogP contribution in [-0.2, 0) is 6.54 Å². The molecule has 0 fully saturated rings. The zero-order valence-electron chi connectivity index (χ0n) is 12.1.